The smallest absolute Gasteiger partial charge is 0.638 e. The molecular formula is C24H21AlNO2+. The molecule has 4 heteroatoms. The lowest BCUT2D eigenvalue weighted by Crippen LogP contribution is -2.48. The summed E-state index contributed by atoms with van der Waals surface area (Å²) < 4.78 is 15.0. The maximum absolute atomic E-state index is 6.44. The largest absolute Gasteiger partial charge is 0.670 e. The van der Waals surface area contributed by atoms with Crippen LogP contribution in [0, 0.1) is 6.92 Å². The zero-order valence-corrected chi connectivity index (χ0v) is 17.0. The van der Waals surface area contributed by atoms with Gasteiger partial charge in [-0.3, -0.25) is 0 Å². The van der Waals surface area contributed by atoms with Crippen molar-refractivity contribution < 1.29 is 13.1 Å². The molecule has 0 aliphatic carbocycles. The minimum atomic E-state index is -1.63. The van der Waals surface area contributed by atoms with Crippen LogP contribution in [0.25, 0.3) is 22.0 Å². The number of aryl methyl sites for hydroxylation is 1. The highest BCUT2D eigenvalue weighted by molar-refractivity contribution is 6.50. The predicted molar refractivity (Wildman–Crippen MR) is 113 cm³/mol. The Kier molecular flexibility index (Phi) is 4.52. The fourth-order valence-corrected chi connectivity index (χ4v) is 5.88. The monoisotopic (exact) mass is 382 g/mol. The van der Waals surface area contributed by atoms with Gasteiger partial charge in [0.25, 0.3) is 5.52 Å². The van der Waals surface area contributed by atoms with Gasteiger partial charge >= 0.3 is 14.5 Å². The summed E-state index contributed by atoms with van der Waals surface area (Å²) in [4.78, 5) is 0. The van der Waals surface area contributed by atoms with E-state index in [1.807, 2.05) is 6.07 Å². The van der Waals surface area contributed by atoms with Crippen LogP contribution in [-0.4, -0.2) is 20.0 Å². The molecule has 0 saturated heterocycles. The van der Waals surface area contributed by atoms with Crippen LogP contribution in [0.2, 0.25) is 0 Å². The Labute approximate surface area is 169 Å². The lowest BCUT2D eigenvalue weighted by atomic mass is 10.1. The van der Waals surface area contributed by atoms with Crippen molar-refractivity contribution in [2.24, 2.45) is 0 Å². The Morgan fingerprint density at radius 1 is 0.821 bits per heavy atom. The first-order chi connectivity index (χ1) is 13.8. The summed E-state index contributed by atoms with van der Waals surface area (Å²) >= 11 is -1.63. The van der Waals surface area contributed by atoms with E-state index >= 15 is 0 Å². The van der Waals surface area contributed by atoms with E-state index < -0.39 is 14.5 Å². The van der Waals surface area contributed by atoms with E-state index in [-0.39, 0.29) is 0 Å². The molecule has 5 rings (SSSR count). The Balaban J connectivity index is 1.40. The fourth-order valence-electron chi connectivity index (χ4n) is 3.85. The molecule has 0 N–H and O–H groups in total. The average molecular weight is 382 g/mol. The molecule has 136 valence electrons. The third-order valence-electron chi connectivity index (χ3n) is 5.31. The van der Waals surface area contributed by atoms with Crippen molar-refractivity contribution in [1.82, 2.24) is 0 Å². The molecule has 0 bridgehead atoms. The lowest BCUT2D eigenvalue weighted by Gasteiger charge is -2.12. The summed E-state index contributed by atoms with van der Waals surface area (Å²) in [6.45, 7) is 2.15. The van der Waals surface area contributed by atoms with E-state index in [2.05, 4.69) is 90.4 Å². The number of nitrogens with zero attached hydrogens (tertiary/aromatic N) is 1. The lowest BCUT2D eigenvalue weighted by molar-refractivity contribution is -0.660. The van der Waals surface area contributed by atoms with Gasteiger partial charge in [-0.25, -0.2) is 4.57 Å². The molecule has 28 heavy (non-hydrogen) atoms. The maximum atomic E-state index is 6.44. The molecule has 0 atom stereocenters. The molecule has 1 aliphatic rings. The number of benzene rings is 3. The van der Waals surface area contributed by atoms with E-state index in [0.29, 0.717) is 5.47 Å². The minimum absolute atomic E-state index is 0.667. The molecule has 0 fully saturated rings. The molecule has 1 aliphatic heterocycles. The van der Waals surface area contributed by atoms with Crippen molar-refractivity contribution in [1.29, 1.82) is 0 Å². The first-order valence-corrected chi connectivity index (χ1v) is 11.8. The Hall–Kier alpha value is -2.80. The van der Waals surface area contributed by atoms with Crippen molar-refractivity contribution in [3.8, 4) is 22.6 Å². The highest BCUT2D eigenvalue weighted by atomic mass is 27.2. The summed E-state index contributed by atoms with van der Waals surface area (Å²) in [5.41, 5.74) is 5.51. The van der Waals surface area contributed by atoms with Gasteiger partial charge in [0.15, 0.2) is 11.4 Å². The van der Waals surface area contributed by atoms with Gasteiger partial charge < -0.3 is 8.53 Å². The molecule has 0 saturated carbocycles. The summed E-state index contributed by atoms with van der Waals surface area (Å²) in [6, 6.07) is 29.4. The van der Waals surface area contributed by atoms with E-state index in [4.69, 9.17) is 8.53 Å². The molecule has 3 nitrogen and oxygen atoms in total. The normalized spacial score (nSPS) is 13.1. The first kappa shape index (κ1) is 17.3. The van der Waals surface area contributed by atoms with Crippen molar-refractivity contribution in [3.63, 3.8) is 0 Å². The van der Waals surface area contributed by atoms with Crippen molar-refractivity contribution in [3.05, 3.63) is 90.6 Å². The van der Waals surface area contributed by atoms with Gasteiger partial charge in [0.1, 0.15) is 5.41 Å². The molecule has 1 aromatic heterocycles. The van der Waals surface area contributed by atoms with E-state index in [9.17, 15) is 0 Å². The molecule has 4 aromatic rings. The summed E-state index contributed by atoms with van der Waals surface area (Å²) in [5, 5.41) is 2.12. The van der Waals surface area contributed by atoms with Crippen molar-refractivity contribution >= 4 is 25.4 Å². The number of para-hydroxylation sites is 1. The number of pyridine rings is 1. The second kappa shape index (κ2) is 7.32. The van der Waals surface area contributed by atoms with E-state index in [0.717, 1.165) is 16.9 Å². The number of hydrogen-bond acceptors (Lipinski definition) is 2. The van der Waals surface area contributed by atoms with Crippen LogP contribution in [0.1, 0.15) is 5.69 Å². The highest BCUT2D eigenvalue weighted by Gasteiger charge is 2.37. The van der Waals surface area contributed by atoms with Gasteiger partial charge in [0, 0.05) is 13.0 Å². The first-order valence-electron chi connectivity index (χ1n) is 9.65. The Bertz CT molecular complexity index is 1130. The number of rotatable bonds is 3. The van der Waals surface area contributed by atoms with E-state index in [1.54, 1.807) is 0 Å². The third kappa shape index (κ3) is 3.26. The Morgan fingerprint density at radius 2 is 1.61 bits per heavy atom. The highest BCUT2D eigenvalue weighted by Crippen LogP contribution is 2.26. The molecule has 2 heterocycles. The average Bonchev–Trinajstić information content (AvgIpc) is 2.93. The third-order valence-corrected chi connectivity index (χ3v) is 7.22. The van der Waals surface area contributed by atoms with Gasteiger partial charge in [0.05, 0.1) is 16.6 Å². The number of hydrogen-bond donors (Lipinski definition) is 0. The van der Waals surface area contributed by atoms with Crippen LogP contribution < -0.4 is 13.1 Å². The quantitative estimate of drug-likeness (QED) is 0.380. The zero-order chi connectivity index (χ0) is 18.9. The maximum Gasteiger partial charge on any atom is 0.670 e. The molecular weight excluding hydrogens is 361 g/mol. The van der Waals surface area contributed by atoms with Crippen LogP contribution in [0.3, 0.4) is 0 Å². The van der Waals surface area contributed by atoms with Crippen LogP contribution >= 0.6 is 0 Å². The van der Waals surface area contributed by atoms with Crippen LogP contribution in [-0.2, 0) is 5.41 Å². The topological polar surface area (TPSA) is 22.3 Å². The minimum Gasteiger partial charge on any atom is -0.638 e. The number of ether oxygens (including phenoxy) is 1. The van der Waals surface area contributed by atoms with Gasteiger partial charge in [-0.2, -0.15) is 0 Å². The molecule has 0 unspecified atom stereocenters. The SMILES string of the molecule is Cc1ccc2cccc3c2[n+]1[CH2][Al]([O]c1ccc(-c2ccccc2)cc1)[CH2]O3. The molecule has 0 amide bonds. The van der Waals surface area contributed by atoms with Gasteiger partial charge in [-0.1, -0.05) is 48.5 Å². The standard InChI is InChI=1S/C12H12NO.C12H10O.Al/c1-9-7-8-10-5-4-6-11(14-3)12(10)13(9)2;13-12-8-6-11(7-9-12)10-4-2-1-3-5-10;/h4-8H,2-3H2,1H3;1-9,13H;/q+1;;+1/p-1. The van der Waals surface area contributed by atoms with E-state index in [1.165, 1.54) is 27.7 Å². The molecule has 0 radical (unpaired) electrons. The van der Waals surface area contributed by atoms with Crippen molar-refractivity contribution in [2.75, 3.05) is 5.47 Å². The van der Waals surface area contributed by atoms with Gasteiger partial charge in [-0.15, -0.1) is 0 Å². The zero-order valence-electron chi connectivity index (χ0n) is 15.8. The predicted octanol–water partition coefficient (Wildman–Crippen LogP) is 4.64. The summed E-state index contributed by atoms with van der Waals surface area (Å²) in [7, 11) is 0. The second-order valence-electron chi connectivity index (χ2n) is 7.22. The van der Waals surface area contributed by atoms with Gasteiger partial charge in [0.2, 0.25) is 0 Å². The fraction of sp³-hybridized carbons (Fsp3) is 0.125. The van der Waals surface area contributed by atoms with Crippen LogP contribution in [0.15, 0.2) is 84.9 Å². The number of aromatic nitrogens is 1. The van der Waals surface area contributed by atoms with Crippen molar-refractivity contribution in [2.45, 2.75) is 12.3 Å². The second-order valence-corrected chi connectivity index (χ2v) is 9.40. The van der Waals surface area contributed by atoms with Crippen LogP contribution in [0.5, 0.6) is 11.5 Å². The summed E-state index contributed by atoms with van der Waals surface area (Å²) in [6.07, 6.45) is 0. The van der Waals surface area contributed by atoms with Gasteiger partial charge in [-0.05, 0) is 41.5 Å². The summed E-state index contributed by atoms with van der Waals surface area (Å²) in [5.74, 6) is 1.88. The Morgan fingerprint density at radius 3 is 2.43 bits per heavy atom. The molecule has 3 aromatic carbocycles. The molecule has 0 spiro atoms. The van der Waals surface area contributed by atoms with Crippen LogP contribution in [0.4, 0.5) is 0 Å².